The molecule has 0 aliphatic carbocycles. The molecule has 0 unspecified atom stereocenters. The Kier molecular flexibility index (Phi) is 4.49. The Bertz CT molecular complexity index is 352. The van der Waals surface area contributed by atoms with E-state index in [9.17, 15) is 4.79 Å². The van der Waals surface area contributed by atoms with E-state index in [0.717, 1.165) is 17.0 Å². The number of methoxy groups -OCH3 is 1. The van der Waals surface area contributed by atoms with E-state index in [1.165, 1.54) is 0 Å². The zero-order valence-electron chi connectivity index (χ0n) is 8.91. The summed E-state index contributed by atoms with van der Waals surface area (Å²) in [7, 11) is 1.62. The molecule has 82 valence electrons. The molecule has 0 atom stereocenters. The molecule has 1 N–H and O–H groups in total. The van der Waals surface area contributed by atoms with Crippen molar-refractivity contribution in [2.75, 3.05) is 18.2 Å². The topological polar surface area (TPSA) is 38.3 Å². The van der Waals surface area contributed by atoms with Crippen LogP contribution in [0.3, 0.4) is 0 Å². The van der Waals surface area contributed by atoms with Gasteiger partial charge in [-0.1, -0.05) is 0 Å². The average Bonchev–Trinajstić information content (AvgIpc) is 2.21. The lowest BCUT2D eigenvalue weighted by Gasteiger charge is -2.09. The third kappa shape index (κ3) is 3.47. The summed E-state index contributed by atoms with van der Waals surface area (Å²) < 4.78 is 5.08. The van der Waals surface area contributed by atoms with Gasteiger partial charge in [-0.2, -0.15) is 12.6 Å². The fraction of sp³-hybridized carbons (Fsp3) is 0.364. The van der Waals surface area contributed by atoms with Gasteiger partial charge < -0.3 is 10.1 Å². The summed E-state index contributed by atoms with van der Waals surface area (Å²) in [6, 6.07) is 5.55. The van der Waals surface area contributed by atoms with Crippen LogP contribution >= 0.6 is 12.6 Å². The lowest BCUT2D eigenvalue weighted by atomic mass is 10.2. The number of thiol groups is 1. The van der Waals surface area contributed by atoms with Crippen LogP contribution in [0, 0.1) is 6.92 Å². The van der Waals surface area contributed by atoms with E-state index in [1.54, 1.807) is 7.11 Å². The van der Waals surface area contributed by atoms with Gasteiger partial charge in [0.05, 0.1) is 7.11 Å². The van der Waals surface area contributed by atoms with E-state index in [1.807, 2.05) is 25.1 Å². The fourth-order valence-electron chi connectivity index (χ4n) is 1.22. The molecule has 0 fully saturated rings. The van der Waals surface area contributed by atoms with Crippen molar-refractivity contribution in [1.29, 1.82) is 0 Å². The van der Waals surface area contributed by atoms with Crippen molar-refractivity contribution < 1.29 is 9.53 Å². The first kappa shape index (κ1) is 11.9. The van der Waals surface area contributed by atoms with Crippen molar-refractivity contribution in [2.45, 2.75) is 13.3 Å². The van der Waals surface area contributed by atoms with Gasteiger partial charge in [-0.25, -0.2) is 0 Å². The molecule has 1 aromatic carbocycles. The standard InChI is InChI=1S/C11H15NO2S/c1-8-7-9(14-2)3-4-10(8)12-11(13)5-6-15/h3-4,7,15H,5-6H2,1-2H3,(H,12,13). The van der Waals surface area contributed by atoms with Crippen molar-refractivity contribution in [2.24, 2.45) is 0 Å². The number of anilines is 1. The maximum Gasteiger partial charge on any atom is 0.225 e. The SMILES string of the molecule is COc1ccc(NC(=O)CCS)c(C)c1. The van der Waals surface area contributed by atoms with Crippen LogP contribution in [0.2, 0.25) is 0 Å². The van der Waals surface area contributed by atoms with Gasteiger partial charge in [0.15, 0.2) is 0 Å². The number of ether oxygens (including phenoxy) is 1. The van der Waals surface area contributed by atoms with Gasteiger partial charge in [0.1, 0.15) is 5.75 Å². The fourth-order valence-corrected chi connectivity index (χ4v) is 1.42. The van der Waals surface area contributed by atoms with Gasteiger partial charge in [0, 0.05) is 12.1 Å². The van der Waals surface area contributed by atoms with E-state index in [4.69, 9.17) is 4.74 Å². The summed E-state index contributed by atoms with van der Waals surface area (Å²) >= 11 is 4.00. The Labute approximate surface area is 95.2 Å². The molecular weight excluding hydrogens is 210 g/mol. The van der Waals surface area contributed by atoms with E-state index < -0.39 is 0 Å². The predicted molar refractivity (Wildman–Crippen MR) is 64.8 cm³/mol. The minimum absolute atomic E-state index is 0.0155. The Morgan fingerprint density at radius 2 is 2.27 bits per heavy atom. The molecule has 1 amide bonds. The monoisotopic (exact) mass is 225 g/mol. The minimum atomic E-state index is -0.0155. The zero-order chi connectivity index (χ0) is 11.3. The molecule has 0 heterocycles. The number of hydrogen-bond acceptors (Lipinski definition) is 3. The molecule has 0 spiro atoms. The Hall–Kier alpha value is -1.16. The first-order chi connectivity index (χ1) is 7.17. The van der Waals surface area contributed by atoms with Crippen LogP contribution < -0.4 is 10.1 Å². The lowest BCUT2D eigenvalue weighted by Crippen LogP contribution is -2.12. The molecule has 1 aromatic rings. The molecule has 1 rings (SSSR count). The highest BCUT2D eigenvalue weighted by Crippen LogP contribution is 2.20. The van der Waals surface area contributed by atoms with Gasteiger partial charge >= 0.3 is 0 Å². The van der Waals surface area contributed by atoms with Crippen molar-refractivity contribution in [3.8, 4) is 5.75 Å². The van der Waals surface area contributed by atoms with E-state index in [-0.39, 0.29) is 5.91 Å². The summed E-state index contributed by atoms with van der Waals surface area (Å²) in [6.45, 7) is 1.93. The first-order valence-electron chi connectivity index (χ1n) is 4.72. The van der Waals surface area contributed by atoms with Crippen LogP contribution in [-0.2, 0) is 4.79 Å². The Balaban J connectivity index is 2.73. The minimum Gasteiger partial charge on any atom is -0.497 e. The van der Waals surface area contributed by atoms with Crippen molar-refractivity contribution in [1.82, 2.24) is 0 Å². The quantitative estimate of drug-likeness (QED) is 0.771. The van der Waals surface area contributed by atoms with Crippen molar-refractivity contribution in [3.63, 3.8) is 0 Å². The van der Waals surface area contributed by atoms with Gasteiger partial charge in [-0.3, -0.25) is 4.79 Å². The van der Waals surface area contributed by atoms with Crippen LogP contribution in [-0.4, -0.2) is 18.8 Å². The smallest absolute Gasteiger partial charge is 0.225 e. The maximum atomic E-state index is 11.3. The molecule has 0 saturated heterocycles. The summed E-state index contributed by atoms with van der Waals surface area (Å²) in [6.07, 6.45) is 0.425. The number of benzene rings is 1. The van der Waals surface area contributed by atoms with E-state index in [0.29, 0.717) is 12.2 Å². The van der Waals surface area contributed by atoms with Crippen LogP contribution in [0.4, 0.5) is 5.69 Å². The van der Waals surface area contributed by atoms with Gasteiger partial charge in [0.2, 0.25) is 5.91 Å². The Morgan fingerprint density at radius 3 is 2.80 bits per heavy atom. The third-order valence-corrected chi connectivity index (χ3v) is 2.27. The van der Waals surface area contributed by atoms with Crippen molar-refractivity contribution >= 4 is 24.2 Å². The molecule has 0 aliphatic heterocycles. The summed E-state index contributed by atoms with van der Waals surface area (Å²) in [5.74, 6) is 1.33. The molecule has 0 aliphatic rings. The van der Waals surface area contributed by atoms with Crippen molar-refractivity contribution in [3.05, 3.63) is 23.8 Å². The molecule has 15 heavy (non-hydrogen) atoms. The molecule has 4 heteroatoms. The number of carbonyl (C=O) groups excluding carboxylic acids is 1. The Morgan fingerprint density at radius 1 is 1.53 bits per heavy atom. The number of hydrogen-bond donors (Lipinski definition) is 2. The normalized spacial score (nSPS) is 9.80. The van der Waals surface area contributed by atoms with Crippen LogP contribution in [0.25, 0.3) is 0 Å². The third-order valence-electron chi connectivity index (χ3n) is 2.05. The molecule has 0 aromatic heterocycles. The second-order valence-corrected chi connectivity index (χ2v) is 3.65. The van der Waals surface area contributed by atoms with Gasteiger partial charge in [0.25, 0.3) is 0 Å². The second-order valence-electron chi connectivity index (χ2n) is 3.20. The second kappa shape index (κ2) is 5.66. The molecule has 0 bridgehead atoms. The highest BCUT2D eigenvalue weighted by atomic mass is 32.1. The molecule has 3 nitrogen and oxygen atoms in total. The highest BCUT2D eigenvalue weighted by molar-refractivity contribution is 7.80. The largest absolute Gasteiger partial charge is 0.497 e. The molecule has 0 saturated carbocycles. The summed E-state index contributed by atoms with van der Waals surface area (Å²) in [4.78, 5) is 11.3. The van der Waals surface area contributed by atoms with E-state index >= 15 is 0 Å². The molecular formula is C11H15NO2S. The maximum absolute atomic E-state index is 11.3. The van der Waals surface area contributed by atoms with Crippen LogP contribution in [0.15, 0.2) is 18.2 Å². The number of rotatable bonds is 4. The number of nitrogens with one attached hydrogen (secondary N) is 1. The van der Waals surface area contributed by atoms with E-state index in [2.05, 4.69) is 17.9 Å². The zero-order valence-corrected chi connectivity index (χ0v) is 9.80. The number of aryl methyl sites for hydroxylation is 1. The predicted octanol–water partition coefficient (Wildman–Crippen LogP) is 2.26. The first-order valence-corrected chi connectivity index (χ1v) is 5.36. The number of carbonyl (C=O) groups is 1. The molecule has 0 radical (unpaired) electrons. The highest BCUT2D eigenvalue weighted by Gasteiger charge is 2.04. The van der Waals surface area contributed by atoms with Crippen LogP contribution in [0.1, 0.15) is 12.0 Å². The summed E-state index contributed by atoms with van der Waals surface area (Å²) in [5.41, 5.74) is 1.81. The average molecular weight is 225 g/mol. The van der Waals surface area contributed by atoms with Gasteiger partial charge in [-0.05, 0) is 36.4 Å². The summed E-state index contributed by atoms with van der Waals surface area (Å²) in [5, 5.41) is 2.82. The number of amides is 1. The van der Waals surface area contributed by atoms with Crippen LogP contribution in [0.5, 0.6) is 5.75 Å². The lowest BCUT2D eigenvalue weighted by molar-refractivity contribution is -0.115. The van der Waals surface area contributed by atoms with Gasteiger partial charge in [-0.15, -0.1) is 0 Å².